The summed E-state index contributed by atoms with van der Waals surface area (Å²) in [6.45, 7) is 8.63. The molecule has 1 nitrogen and oxygen atoms in total. The zero-order chi connectivity index (χ0) is 12.1. The van der Waals surface area contributed by atoms with Crippen LogP contribution in [0, 0.1) is 20.8 Å². The molecular formula is C13H16BrIO. The first-order valence-corrected chi connectivity index (χ1v) is 7.84. The fraction of sp³-hybridized carbons (Fsp3) is 0.538. The van der Waals surface area contributed by atoms with E-state index in [0.717, 1.165) is 10.2 Å². The molecule has 0 saturated carbocycles. The molecule has 0 N–H and O–H groups in total. The van der Waals surface area contributed by atoms with Gasteiger partial charge in [-0.2, -0.15) is 0 Å². The molecule has 0 amide bonds. The molecule has 2 atom stereocenters. The van der Waals surface area contributed by atoms with Crippen LogP contribution in [0.1, 0.15) is 34.0 Å². The van der Waals surface area contributed by atoms with Gasteiger partial charge in [0.25, 0.3) is 0 Å². The van der Waals surface area contributed by atoms with Crippen LogP contribution in [-0.2, 0) is 0 Å². The molecule has 88 valence electrons. The predicted octanol–water partition coefficient (Wildman–Crippen LogP) is 4.63. The monoisotopic (exact) mass is 394 g/mol. The maximum Gasteiger partial charge on any atom is 0.132 e. The molecule has 0 aliphatic carbocycles. The second kappa shape index (κ2) is 4.16. The largest absolute Gasteiger partial charge is 0.485 e. The number of hydrogen-bond acceptors (Lipinski definition) is 1. The summed E-state index contributed by atoms with van der Waals surface area (Å²) in [4.78, 5) is 0.297. The van der Waals surface area contributed by atoms with Crippen molar-refractivity contribution in [1.29, 1.82) is 0 Å². The first kappa shape index (κ1) is 12.7. The van der Waals surface area contributed by atoms with Crippen LogP contribution >= 0.6 is 38.5 Å². The van der Waals surface area contributed by atoms with Crippen LogP contribution in [0.4, 0.5) is 0 Å². The Morgan fingerprint density at radius 3 is 2.56 bits per heavy atom. The van der Waals surface area contributed by atoms with Gasteiger partial charge in [0, 0.05) is 9.99 Å². The summed E-state index contributed by atoms with van der Waals surface area (Å²) >= 11 is 6.20. The van der Waals surface area contributed by atoms with Crippen LogP contribution < -0.4 is 4.74 Å². The van der Waals surface area contributed by atoms with Gasteiger partial charge in [-0.3, -0.25) is 0 Å². The Bertz CT molecular complexity index is 444. The second-order valence-corrected chi connectivity index (χ2v) is 6.47. The summed E-state index contributed by atoms with van der Waals surface area (Å²) in [6, 6.07) is 2.25. The summed E-state index contributed by atoms with van der Waals surface area (Å²) in [5.74, 6) is 1.10. The van der Waals surface area contributed by atoms with E-state index in [0.29, 0.717) is 4.83 Å². The van der Waals surface area contributed by atoms with Gasteiger partial charge in [-0.1, -0.05) is 44.6 Å². The molecule has 1 aliphatic rings. The van der Waals surface area contributed by atoms with E-state index in [1.54, 1.807) is 0 Å². The summed E-state index contributed by atoms with van der Waals surface area (Å²) in [6.07, 6.45) is 0. The lowest BCUT2D eigenvalue weighted by molar-refractivity contribution is 0.145. The van der Waals surface area contributed by atoms with Crippen LogP contribution in [-0.4, -0.2) is 10.0 Å². The molecule has 16 heavy (non-hydrogen) atoms. The van der Waals surface area contributed by atoms with Crippen LogP contribution in [0.3, 0.4) is 0 Å². The lowest BCUT2D eigenvalue weighted by Gasteiger charge is -2.25. The first-order chi connectivity index (χ1) is 7.40. The molecule has 1 aromatic rings. The third-order valence-corrected chi connectivity index (χ3v) is 6.37. The van der Waals surface area contributed by atoms with Crippen molar-refractivity contribution in [2.75, 3.05) is 4.43 Å². The molecule has 3 heteroatoms. The van der Waals surface area contributed by atoms with Gasteiger partial charge >= 0.3 is 0 Å². The number of hydrogen-bond donors (Lipinski definition) is 0. The second-order valence-electron chi connectivity index (χ2n) is 4.79. The smallest absolute Gasteiger partial charge is 0.132 e. The normalized spacial score (nSPS) is 27.8. The SMILES string of the molecule is Cc1cc(C)c2c(c1C)OC(C)(CI)C2Br. The third kappa shape index (κ3) is 1.70. The molecule has 0 radical (unpaired) electrons. The third-order valence-electron chi connectivity index (χ3n) is 3.42. The average Bonchev–Trinajstić information content (AvgIpc) is 2.50. The van der Waals surface area contributed by atoms with Crippen molar-refractivity contribution in [3.05, 3.63) is 28.3 Å². The van der Waals surface area contributed by atoms with E-state index in [9.17, 15) is 0 Å². The number of rotatable bonds is 1. The lowest BCUT2D eigenvalue weighted by atomic mass is 9.94. The van der Waals surface area contributed by atoms with E-state index in [2.05, 4.69) is 72.3 Å². The maximum absolute atomic E-state index is 6.19. The van der Waals surface area contributed by atoms with Crippen molar-refractivity contribution in [2.24, 2.45) is 0 Å². The molecule has 0 spiro atoms. The topological polar surface area (TPSA) is 9.23 Å². The summed E-state index contributed by atoms with van der Waals surface area (Å²) in [5.41, 5.74) is 5.13. The number of benzene rings is 1. The average molecular weight is 395 g/mol. The van der Waals surface area contributed by atoms with E-state index in [1.807, 2.05) is 0 Å². The standard InChI is InChI=1S/C13H16BrIO/c1-7-5-8(2)10-11(9(7)3)16-13(4,6-15)12(10)14/h5,12H,6H2,1-4H3. The van der Waals surface area contributed by atoms with E-state index in [1.165, 1.54) is 22.3 Å². The highest BCUT2D eigenvalue weighted by atomic mass is 127. The van der Waals surface area contributed by atoms with Gasteiger partial charge in [-0.15, -0.1) is 0 Å². The zero-order valence-electron chi connectivity index (χ0n) is 10.0. The molecule has 0 bridgehead atoms. The van der Waals surface area contributed by atoms with Crippen LogP contribution in [0.2, 0.25) is 0 Å². The Balaban J connectivity index is 2.64. The van der Waals surface area contributed by atoms with E-state index in [-0.39, 0.29) is 5.60 Å². The molecule has 0 fully saturated rings. The molecule has 0 aromatic heterocycles. The quantitative estimate of drug-likeness (QED) is 0.498. The maximum atomic E-state index is 6.19. The van der Waals surface area contributed by atoms with Crippen molar-refractivity contribution in [3.63, 3.8) is 0 Å². The van der Waals surface area contributed by atoms with Crippen molar-refractivity contribution < 1.29 is 4.74 Å². The fourth-order valence-electron chi connectivity index (χ4n) is 2.20. The molecule has 2 rings (SSSR count). The van der Waals surface area contributed by atoms with Crippen molar-refractivity contribution >= 4 is 38.5 Å². The summed E-state index contributed by atoms with van der Waals surface area (Å²) in [7, 11) is 0. The zero-order valence-corrected chi connectivity index (χ0v) is 13.8. The van der Waals surface area contributed by atoms with Crippen molar-refractivity contribution in [1.82, 2.24) is 0 Å². The molecule has 1 aliphatic heterocycles. The van der Waals surface area contributed by atoms with E-state index in [4.69, 9.17) is 4.74 Å². The molecule has 2 unspecified atom stereocenters. The van der Waals surface area contributed by atoms with Gasteiger partial charge in [0.05, 0.1) is 4.83 Å². The summed E-state index contributed by atoms with van der Waals surface area (Å²) in [5, 5.41) is 0. The Kier molecular flexibility index (Phi) is 3.30. The highest BCUT2D eigenvalue weighted by Gasteiger charge is 2.44. The Labute approximate surface area is 119 Å². The van der Waals surface area contributed by atoms with Crippen LogP contribution in [0.15, 0.2) is 6.07 Å². The molecule has 0 saturated heterocycles. The number of aryl methyl sites for hydroxylation is 2. The van der Waals surface area contributed by atoms with Crippen LogP contribution in [0.5, 0.6) is 5.75 Å². The molecule has 1 heterocycles. The molecular weight excluding hydrogens is 379 g/mol. The Morgan fingerprint density at radius 2 is 2.00 bits per heavy atom. The predicted molar refractivity (Wildman–Crippen MR) is 80.2 cm³/mol. The van der Waals surface area contributed by atoms with Gasteiger partial charge in [-0.05, 0) is 44.4 Å². The van der Waals surface area contributed by atoms with Crippen molar-refractivity contribution in [3.8, 4) is 5.75 Å². The van der Waals surface area contributed by atoms with Gasteiger partial charge in [0.2, 0.25) is 0 Å². The highest BCUT2D eigenvalue weighted by molar-refractivity contribution is 14.1. The minimum absolute atomic E-state index is 0.119. The Hall–Kier alpha value is 0.230. The number of alkyl halides is 2. The minimum atomic E-state index is -0.119. The lowest BCUT2D eigenvalue weighted by Crippen LogP contribution is -2.33. The first-order valence-electron chi connectivity index (χ1n) is 5.40. The highest BCUT2D eigenvalue weighted by Crippen LogP contribution is 2.52. The number of halogens is 2. The van der Waals surface area contributed by atoms with Crippen LogP contribution in [0.25, 0.3) is 0 Å². The fourth-order valence-corrected chi connectivity index (χ4v) is 4.23. The Morgan fingerprint density at radius 1 is 1.38 bits per heavy atom. The van der Waals surface area contributed by atoms with Gasteiger partial charge in [0.1, 0.15) is 11.4 Å². The van der Waals surface area contributed by atoms with E-state index < -0.39 is 0 Å². The van der Waals surface area contributed by atoms with Gasteiger partial charge in [0.15, 0.2) is 0 Å². The number of ether oxygens (including phenoxy) is 1. The van der Waals surface area contributed by atoms with Gasteiger partial charge < -0.3 is 4.74 Å². The van der Waals surface area contributed by atoms with Crippen molar-refractivity contribution in [2.45, 2.75) is 38.1 Å². The molecule has 1 aromatic carbocycles. The summed E-state index contributed by atoms with van der Waals surface area (Å²) < 4.78 is 7.17. The number of fused-ring (bicyclic) bond motifs is 1. The minimum Gasteiger partial charge on any atom is -0.485 e. The van der Waals surface area contributed by atoms with E-state index >= 15 is 0 Å². The van der Waals surface area contributed by atoms with Gasteiger partial charge in [-0.25, -0.2) is 0 Å².